The number of hydrogen-bond donors (Lipinski definition) is 0. The molecule has 27 heavy (non-hydrogen) atoms. The lowest BCUT2D eigenvalue weighted by molar-refractivity contribution is 0.0742. The summed E-state index contributed by atoms with van der Waals surface area (Å²) in [7, 11) is -3.54. The van der Waals surface area contributed by atoms with Gasteiger partial charge in [-0.15, -0.1) is 0 Å². The molecule has 1 fully saturated rings. The van der Waals surface area contributed by atoms with Gasteiger partial charge in [0, 0.05) is 37.1 Å². The van der Waals surface area contributed by atoms with Crippen LogP contribution in [0.15, 0.2) is 27.5 Å². The minimum Gasteiger partial charge on any atom is -0.451 e. The van der Waals surface area contributed by atoms with Crippen molar-refractivity contribution in [1.82, 2.24) is 9.21 Å². The Hall–Kier alpha value is -1.86. The molecule has 1 aromatic heterocycles. The summed E-state index contributed by atoms with van der Waals surface area (Å²) in [6.45, 7) is 10.0. The van der Waals surface area contributed by atoms with Crippen molar-refractivity contribution in [2.75, 3.05) is 26.2 Å². The lowest BCUT2D eigenvalue weighted by atomic mass is 10.0. The van der Waals surface area contributed by atoms with Crippen molar-refractivity contribution in [3.63, 3.8) is 0 Å². The number of nitrogens with zero attached hydrogens (tertiary/aromatic N) is 2. The van der Waals surface area contributed by atoms with Gasteiger partial charge in [-0.25, -0.2) is 8.42 Å². The van der Waals surface area contributed by atoms with Crippen LogP contribution in [0.5, 0.6) is 0 Å². The molecular weight excluding hydrogens is 364 g/mol. The second-order valence-electron chi connectivity index (χ2n) is 7.30. The van der Waals surface area contributed by atoms with E-state index >= 15 is 0 Å². The Bertz CT molecular complexity index is 944. The van der Waals surface area contributed by atoms with Gasteiger partial charge in [0.2, 0.25) is 10.0 Å². The first-order valence-electron chi connectivity index (χ1n) is 9.62. The average molecular weight is 393 g/mol. The Morgan fingerprint density at radius 2 is 2.00 bits per heavy atom. The fraction of sp³-hybridized carbons (Fsp3) is 0.550. The third-order valence-electron chi connectivity index (χ3n) is 5.41. The Labute approximate surface area is 161 Å². The number of carbonyl (C=O) groups is 1. The summed E-state index contributed by atoms with van der Waals surface area (Å²) in [6.07, 6.45) is 1.94. The highest BCUT2D eigenvalue weighted by molar-refractivity contribution is 7.89. The van der Waals surface area contributed by atoms with Crippen molar-refractivity contribution >= 4 is 26.9 Å². The maximum atomic E-state index is 13.0. The molecule has 0 spiro atoms. The van der Waals surface area contributed by atoms with Gasteiger partial charge in [-0.2, -0.15) is 4.31 Å². The van der Waals surface area contributed by atoms with E-state index in [9.17, 15) is 13.2 Å². The molecule has 0 saturated carbocycles. The van der Waals surface area contributed by atoms with Crippen molar-refractivity contribution in [2.45, 2.75) is 45.4 Å². The van der Waals surface area contributed by atoms with Crippen molar-refractivity contribution in [2.24, 2.45) is 5.92 Å². The molecule has 3 rings (SSSR count). The van der Waals surface area contributed by atoms with Crippen LogP contribution >= 0.6 is 0 Å². The molecule has 6 nitrogen and oxygen atoms in total. The molecule has 148 valence electrons. The maximum absolute atomic E-state index is 13.0. The van der Waals surface area contributed by atoms with E-state index in [1.807, 2.05) is 20.8 Å². The quantitative estimate of drug-likeness (QED) is 0.779. The second-order valence-corrected chi connectivity index (χ2v) is 9.24. The molecule has 1 aromatic carbocycles. The second kappa shape index (κ2) is 7.64. The number of rotatable bonds is 5. The fourth-order valence-electron chi connectivity index (χ4n) is 3.73. The molecule has 0 N–H and O–H groups in total. The van der Waals surface area contributed by atoms with Crippen LogP contribution in [0.4, 0.5) is 0 Å². The average Bonchev–Trinajstić information content (AvgIpc) is 2.99. The Kier molecular flexibility index (Phi) is 5.63. The fourth-order valence-corrected chi connectivity index (χ4v) is 5.36. The van der Waals surface area contributed by atoms with Crippen LogP contribution in [0.25, 0.3) is 11.0 Å². The molecular formula is C20H28N2O4S. The van der Waals surface area contributed by atoms with Crippen LogP contribution in [0, 0.1) is 12.8 Å². The molecule has 1 amide bonds. The smallest absolute Gasteiger partial charge is 0.289 e. The number of piperidine rings is 1. The van der Waals surface area contributed by atoms with Crippen LogP contribution in [0.3, 0.4) is 0 Å². The van der Waals surface area contributed by atoms with E-state index in [1.165, 1.54) is 0 Å². The number of benzene rings is 1. The van der Waals surface area contributed by atoms with Gasteiger partial charge in [-0.3, -0.25) is 4.79 Å². The van der Waals surface area contributed by atoms with Gasteiger partial charge < -0.3 is 9.32 Å². The summed E-state index contributed by atoms with van der Waals surface area (Å²) in [4.78, 5) is 14.6. The van der Waals surface area contributed by atoms with Gasteiger partial charge >= 0.3 is 0 Å². The predicted octanol–water partition coefficient (Wildman–Crippen LogP) is 3.64. The summed E-state index contributed by atoms with van der Waals surface area (Å²) in [6, 6.07) is 4.87. The minimum atomic E-state index is -3.54. The van der Waals surface area contributed by atoms with Crippen molar-refractivity contribution < 1.29 is 17.6 Å². The highest BCUT2D eigenvalue weighted by Crippen LogP contribution is 2.30. The van der Waals surface area contributed by atoms with Gasteiger partial charge in [0.1, 0.15) is 5.58 Å². The zero-order valence-corrected chi connectivity index (χ0v) is 17.3. The number of hydrogen-bond acceptors (Lipinski definition) is 4. The molecule has 0 bridgehead atoms. The largest absolute Gasteiger partial charge is 0.451 e. The molecule has 2 aromatic rings. The zero-order chi connectivity index (χ0) is 19.8. The first kappa shape index (κ1) is 19.9. The number of furan rings is 1. The van der Waals surface area contributed by atoms with E-state index in [4.69, 9.17) is 4.42 Å². The SMILES string of the molecule is CCN(CC)C(=O)c1oc2ccc(S(=O)(=O)N3CCCC(C)C3)cc2c1C. The maximum Gasteiger partial charge on any atom is 0.289 e. The summed E-state index contributed by atoms with van der Waals surface area (Å²) in [5, 5.41) is 0.677. The molecule has 7 heteroatoms. The first-order chi connectivity index (χ1) is 12.8. The van der Waals surface area contributed by atoms with Crippen LogP contribution < -0.4 is 0 Å². The van der Waals surface area contributed by atoms with Crippen LogP contribution in [-0.2, 0) is 10.0 Å². The summed E-state index contributed by atoms with van der Waals surface area (Å²) >= 11 is 0. The van der Waals surface area contributed by atoms with Crippen molar-refractivity contribution in [1.29, 1.82) is 0 Å². The summed E-state index contributed by atoms with van der Waals surface area (Å²) in [5.41, 5.74) is 1.22. The molecule has 2 heterocycles. The Morgan fingerprint density at radius 1 is 1.30 bits per heavy atom. The van der Waals surface area contributed by atoms with E-state index in [-0.39, 0.29) is 16.6 Å². The van der Waals surface area contributed by atoms with E-state index < -0.39 is 10.0 Å². The van der Waals surface area contributed by atoms with Crippen LogP contribution in [0.1, 0.15) is 49.7 Å². The number of fused-ring (bicyclic) bond motifs is 1. The Balaban J connectivity index is 2.00. The molecule has 0 radical (unpaired) electrons. The van der Waals surface area contributed by atoms with E-state index in [0.717, 1.165) is 12.8 Å². The van der Waals surface area contributed by atoms with E-state index in [2.05, 4.69) is 6.92 Å². The van der Waals surface area contributed by atoms with Crippen LogP contribution in [0.2, 0.25) is 0 Å². The molecule has 1 aliphatic rings. The van der Waals surface area contributed by atoms with Gasteiger partial charge in [-0.05, 0) is 57.7 Å². The standard InChI is InChI=1S/C20H28N2O4S/c1-5-21(6-2)20(23)19-15(4)17-12-16(9-10-18(17)26-19)27(24,25)22-11-7-8-14(3)13-22/h9-10,12,14H,5-8,11,13H2,1-4H3. The van der Waals surface area contributed by atoms with E-state index in [1.54, 1.807) is 27.4 Å². The third kappa shape index (κ3) is 3.62. The lowest BCUT2D eigenvalue weighted by Gasteiger charge is -2.30. The number of carbonyl (C=O) groups excluding carboxylic acids is 1. The number of sulfonamides is 1. The van der Waals surface area contributed by atoms with Crippen LogP contribution in [-0.4, -0.2) is 49.7 Å². The minimum absolute atomic E-state index is 0.164. The summed E-state index contributed by atoms with van der Waals surface area (Å²) < 4.78 is 33.4. The number of aryl methyl sites for hydroxylation is 1. The van der Waals surface area contributed by atoms with Gasteiger partial charge in [0.15, 0.2) is 5.76 Å². The monoisotopic (exact) mass is 392 g/mol. The van der Waals surface area contributed by atoms with Crippen molar-refractivity contribution in [3.8, 4) is 0 Å². The summed E-state index contributed by atoms with van der Waals surface area (Å²) in [5.74, 6) is 0.490. The molecule has 1 saturated heterocycles. The third-order valence-corrected chi connectivity index (χ3v) is 7.27. The molecule has 1 aliphatic heterocycles. The molecule has 0 aliphatic carbocycles. The zero-order valence-electron chi connectivity index (χ0n) is 16.5. The van der Waals surface area contributed by atoms with Gasteiger partial charge in [0.25, 0.3) is 5.91 Å². The number of amides is 1. The molecule has 1 unspecified atom stereocenters. The topological polar surface area (TPSA) is 70.8 Å². The van der Waals surface area contributed by atoms with E-state index in [0.29, 0.717) is 48.6 Å². The lowest BCUT2D eigenvalue weighted by Crippen LogP contribution is -2.39. The normalized spacial score (nSPS) is 18.7. The van der Waals surface area contributed by atoms with Crippen molar-refractivity contribution in [3.05, 3.63) is 29.5 Å². The molecule has 1 atom stereocenters. The highest BCUT2D eigenvalue weighted by Gasteiger charge is 2.30. The van der Waals surface area contributed by atoms with Gasteiger partial charge in [-0.1, -0.05) is 6.92 Å². The highest BCUT2D eigenvalue weighted by atomic mass is 32.2. The van der Waals surface area contributed by atoms with Gasteiger partial charge in [0.05, 0.1) is 4.90 Å². The first-order valence-corrected chi connectivity index (χ1v) is 11.1. The Morgan fingerprint density at radius 3 is 2.63 bits per heavy atom. The predicted molar refractivity (Wildman–Crippen MR) is 105 cm³/mol.